The molecule has 0 bridgehead atoms. The molecule has 0 aliphatic rings. The molecule has 0 saturated carbocycles. The van der Waals surface area contributed by atoms with Crippen molar-refractivity contribution >= 4 is 17.0 Å². The third-order valence-electron chi connectivity index (χ3n) is 3.72. The van der Waals surface area contributed by atoms with Crippen LogP contribution in [0.2, 0.25) is 0 Å². The highest BCUT2D eigenvalue weighted by atomic mass is 16.3. The average Bonchev–Trinajstić information content (AvgIpc) is 2.84. The van der Waals surface area contributed by atoms with Gasteiger partial charge in [0.2, 0.25) is 5.95 Å². The fourth-order valence-corrected chi connectivity index (χ4v) is 2.63. The van der Waals surface area contributed by atoms with Crippen molar-refractivity contribution in [2.24, 2.45) is 0 Å². The van der Waals surface area contributed by atoms with Crippen molar-refractivity contribution in [3.8, 4) is 5.75 Å². The molecule has 0 aliphatic carbocycles. The van der Waals surface area contributed by atoms with Gasteiger partial charge in [-0.15, -0.1) is 0 Å². The van der Waals surface area contributed by atoms with Crippen LogP contribution in [0.4, 0.5) is 5.95 Å². The number of para-hydroxylation sites is 3. The summed E-state index contributed by atoms with van der Waals surface area (Å²) in [6, 6.07) is 15.5. The zero-order valence-electron chi connectivity index (χ0n) is 12.2. The van der Waals surface area contributed by atoms with E-state index in [0.717, 1.165) is 29.1 Å². The van der Waals surface area contributed by atoms with Crippen molar-refractivity contribution in [1.82, 2.24) is 9.55 Å². The SMILES string of the molecule is CCn1c(NC(C)c2ccccc2O)nc2ccccc21. The van der Waals surface area contributed by atoms with E-state index in [0.29, 0.717) is 5.75 Å². The van der Waals surface area contributed by atoms with Crippen LogP contribution in [0.15, 0.2) is 48.5 Å². The van der Waals surface area contributed by atoms with E-state index in [1.54, 1.807) is 6.07 Å². The van der Waals surface area contributed by atoms with Gasteiger partial charge in [0.1, 0.15) is 5.75 Å². The van der Waals surface area contributed by atoms with Crippen molar-refractivity contribution in [3.63, 3.8) is 0 Å². The largest absolute Gasteiger partial charge is 0.508 e. The molecule has 1 atom stereocenters. The molecule has 0 spiro atoms. The molecule has 0 aliphatic heterocycles. The lowest BCUT2D eigenvalue weighted by atomic mass is 10.1. The number of aromatic hydroxyl groups is 1. The highest BCUT2D eigenvalue weighted by Crippen LogP contribution is 2.27. The van der Waals surface area contributed by atoms with Crippen LogP contribution >= 0.6 is 0 Å². The van der Waals surface area contributed by atoms with E-state index in [2.05, 4.69) is 27.9 Å². The lowest BCUT2D eigenvalue weighted by molar-refractivity contribution is 0.465. The van der Waals surface area contributed by atoms with Crippen LogP contribution in [-0.4, -0.2) is 14.7 Å². The number of imidazole rings is 1. The lowest BCUT2D eigenvalue weighted by Crippen LogP contribution is -2.11. The van der Waals surface area contributed by atoms with Gasteiger partial charge in [-0.25, -0.2) is 4.98 Å². The van der Waals surface area contributed by atoms with Gasteiger partial charge in [0.25, 0.3) is 0 Å². The van der Waals surface area contributed by atoms with Crippen molar-refractivity contribution in [2.75, 3.05) is 5.32 Å². The third-order valence-corrected chi connectivity index (χ3v) is 3.72. The average molecular weight is 281 g/mol. The molecule has 4 nitrogen and oxygen atoms in total. The van der Waals surface area contributed by atoms with Gasteiger partial charge in [-0.1, -0.05) is 30.3 Å². The van der Waals surface area contributed by atoms with E-state index in [1.165, 1.54) is 0 Å². The molecule has 0 fully saturated rings. The number of anilines is 1. The van der Waals surface area contributed by atoms with Gasteiger partial charge in [0.05, 0.1) is 17.1 Å². The van der Waals surface area contributed by atoms with Crippen molar-refractivity contribution in [1.29, 1.82) is 0 Å². The van der Waals surface area contributed by atoms with E-state index < -0.39 is 0 Å². The van der Waals surface area contributed by atoms with Crippen LogP contribution in [0.3, 0.4) is 0 Å². The molecule has 0 radical (unpaired) electrons. The van der Waals surface area contributed by atoms with Crippen LogP contribution in [0.5, 0.6) is 5.75 Å². The zero-order valence-corrected chi connectivity index (χ0v) is 12.2. The minimum atomic E-state index is -0.0201. The first kappa shape index (κ1) is 13.5. The summed E-state index contributed by atoms with van der Waals surface area (Å²) in [4.78, 5) is 4.65. The molecular weight excluding hydrogens is 262 g/mol. The summed E-state index contributed by atoms with van der Waals surface area (Å²) in [7, 11) is 0. The number of nitrogens with one attached hydrogen (secondary N) is 1. The maximum Gasteiger partial charge on any atom is 0.204 e. The van der Waals surface area contributed by atoms with Gasteiger partial charge < -0.3 is 15.0 Å². The predicted octanol–water partition coefficient (Wildman–Crippen LogP) is 3.93. The minimum Gasteiger partial charge on any atom is -0.508 e. The van der Waals surface area contributed by atoms with E-state index >= 15 is 0 Å². The molecule has 1 aromatic heterocycles. The summed E-state index contributed by atoms with van der Waals surface area (Å²) in [5.41, 5.74) is 2.96. The van der Waals surface area contributed by atoms with E-state index in [1.807, 2.05) is 43.3 Å². The number of fused-ring (bicyclic) bond motifs is 1. The fraction of sp³-hybridized carbons (Fsp3) is 0.235. The smallest absolute Gasteiger partial charge is 0.204 e. The molecule has 0 amide bonds. The van der Waals surface area contributed by atoms with Gasteiger partial charge in [-0.2, -0.15) is 0 Å². The molecule has 4 heteroatoms. The first-order valence-corrected chi connectivity index (χ1v) is 7.20. The Morgan fingerprint density at radius 2 is 1.86 bits per heavy atom. The number of rotatable bonds is 4. The summed E-state index contributed by atoms with van der Waals surface area (Å²) < 4.78 is 2.14. The van der Waals surface area contributed by atoms with E-state index in [9.17, 15) is 5.11 Å². The van der Waals surface area contributed by atoms with Crippen LogP contribution in [0.1, 0.15) is 25.5 Å². The Bertz CT molecular complexity index is 764. The molecule has 2 N–H and O–H groups in total. The van der Waals surface area contributed by atoms with Crippen LogP contribution in [0, 0.1) is 0 Å². The number of hydrogen-bond acceptors (Lipinski definition) is 3. The minimum absolute atomic E-state index is 0.0201. The van der Waals surface area contributed by atoms with Gasteiger partial charge in [-0.05, 0) is 32.0 Å². The number of nitrogens with zero attached hydrogens (tertiary/aromatic N) is 2. The molecule has 1 heterocycles. The first-order chi connectivity index (χ1) is 10.2. The molecule has 108 valence electrons. The van der Waals surface area contributed by atoms with Crippen LogP contribution in [-0.2, 0) is 6.54 Å². The topological polar surface area (TPSA) is 50.1 Å². The van der Waals surface area contributed by atoms with Gasteiger partial charge >= 0.3 is 0 Å². The Morgan fingerprint density at radius 1 is 1.14 bits per heavy atom. The second-order valence-electron chi connectivity index (χ2n) is 5.09. The first-order valence-electron chi connectivity index (χ1n) is 7.20. The highest BCUT2D eigenvalue weighted by Gasteiger charge is 2.14. The van der Waals surface area contributed by atoms with Gasteiger partial charge in [-0.3, -0.25) is 0 Å². The molecule has 1 unspecified atom stereocenters. The van der Waals surface area contributed by atoms with Gasteiger partial charge in [0, 0.05) is 12.1 Å². The Kier molecular flexibility index (Phi) is 3.52. The van der Waals surface area contributed by atoms with Crippen LogP contribution in [0.25, 0.3) is 11.0 Å². The van der Waals surface area contributed by atoms with Crippen molar-refractivity contribution < 1.29 is 5.11 Å². The number of aromatic nitrogens is 2. The summed E-state index contributed by atoms with van der Waals surface area (Å²) in [6.45, 7) is 4.97. The normalized spacial score (nSPS) is 12.5. The number of phenols is 1. The highest BCUT2D eigenvalue weighted by molar-refractivity contribution is 5.78. The maximum absolute atomic E-state index is 9.96. The summed E-state index contributed by atoms with van der Waals surface area (Å²) in [6.07, 6.45) is 0. The second kappa shape index (κ2) is 5.48. The standard InChI is InChI=1S/C17H19N3O/c1-3-20-15-10-6-5-9-14(15)19-17(20)18-12(2)13-8-4-7-11-16(13)21/h4-12,21H,3H2,1-2H3,(H,18,19). The third kappa shape index (κ3) is 2.44. The second-order valence-corrected chi connectivity index (χ2v) is 5.09. The number of hydrogen-bond donors (Lipinski definition) is 2. The number of phenolic OH excluding ortho intramolecular Hbond substituents is 1. The maximum atomic E-state index is 9.96. The Balaban J connectivity index is 1.96. The Labute approximate surface area is 124 Å². The molecule has 3 aromatic rings. The number of benzene rings is 2. The van der Waals surface area contributed by atoms with Crippen molar-refractivity contribution in [3.05, 3.63) is 54.1 Å². The van der Waals surface area contributed by atoms with E-state index in [-0.39, 0.29) is 6.04 Å². The quantitative estimate of drug-likeness (QED) is 0.761. The Morgan fingerprint density at radius 3 is 2.62 bits per heavy atom. The van der Waals surface area contributed by atoms with Crippen molar-refractivity contribution in [2.45, 2.75) is 26.4 Å². The monoisotopic (exact) mass is 281 g/mol. The predicted molar refractivity (Wildman–Crippen MR) is 85.6 cm³/mol. The molecule has 0 saturated heterocycles. The van der Waals surface area contributed by atoms with Crippen LogP contribution < -0.4 is 5.32 Å². The number of aryl methyl sites for hydroxylation is 1. The van der Waals surface area contributed by atoms with E-state index in [4.69, 9.17) is 0 Å². The molecular formula is C17H19N3O. The summed E-state index contributed by atoms with van der Waals surface area (Å²) in [5, 5.41) is 13.4. The molecule has 3 rings (SSSR count). The van der Waals surface area contributed by atoms with Gasteiger partial charge in [0.15, 0.2) is 0 Å². The lowest BCUT2D eigenvalue weighted by Gasteiger charge is -2.17. The summed E-state index contributed by atoms with van der Waals surface area (Å²) >= 11 is 0. The summed E-state index contributed by atoms with van der Waals surface area (Å²) in [5.74, 6) is 1.13. The zero-order chi connectivity index (χ0) is 14.8. The molecule has 2 aromatic carbocycles. The fourth-order valence-electron chi connectivity index (χ4n) is 2.63. The molecule has 21 heavy (non-hydrogen) atoms. The Hall–Kier alpha value is -2.49.